The number of hydrogen-bond acceptors (Lipinski definition) is 2. The second kappa shape index (κ2) is 17.9. The molecule has 0 saturated heterocycles. The van der Waals surface area contributed by atoms with Gasteiger partial charge in [0.2, 0.25) is 0 Å². The van der Waals surface area contributed by atoms with Crippen molar-refractivity contribution in [3.05, 3.63) is 0 Å². The lowest BCUT2D eigenvalue weighted by Crippen LogP contribution is -2.20. The Kier molecular flexibility index (Phi) is 18.7. The zero-order valence-electron chi connectivity index (χ0n) is 13.5. The molecule has 120 valence electrons. The van der Waals surface area contributed by atoms with Crippen molar-refractivity contribution >= 4 is 32.1 Å². The highest BCUT2D eigenvalue weighted by molar-refractivity contribution is 14.1. The van der Waals surface area contributed by atoms with Gasteiger partial charge in [0.1, 0.15) is 0 Å². The van der Waals surface area contributed by atoms with E-state index in [0.29, 0.717) is 0 Å². The molecule has 4 heteroatoms. The van der Waals surface area contributed by atoms with E-state index >= 15 is 0 Å². The van der Waals surface area contributed by atoms with Crippen molar-refractivity contribution in [3.63, 3.8) is 0 Å². The first-order valence-electron chi connectivity index (χ1n) is 8.35. The minimum atomic E-state index is 0.0563. The van der Waals surface area contributed by atoms with E-state index < -0.39 is 0 Å². The van der Waals surface area contributed by atoms with Crippen LogP contribution in [0.15, 0.2) is 0 Å². The highest BCUT2D eigenvalue weighted by Crippen LogP contribution is 2.09. The quantitative estimate of drug-likeness (QED) is 0.110. The monoisotopic (exact) mass is 412 g/mol. The smallest absolute Gasteiger partial charge is 0.154 e. The number of halogens is 1. The number of hydrogen-bond donors (Lipinski definition) is 0. The fourth-order valence-corrected chi connectivity index (χ4v) is 3.52. The van der Waals surface area contributed by atoms with E-state index in [0.717, 1.165) is 41.6 Å². The molecule has 0 unspecified atom stereocenters. The molecule has 0 saturated carbocycles. The third kappa shape index (κ3) is 15.3. The van der Waals surface area contributed by atoms with Crippen molar-refractivity contribution in [2.75, 3.05) is 17.6 Å². The molecule has 2 nitrogen and oxygen atoms in total. The molecule has 0 aliphatic rings. The van der Waals surface area contributed by atoms with Crippen LogP contribution in [0.1, 0.15) is 65.2 Å². The molecule has 0 aromatic carbocycles. The van der Waals surface area contributed by atoms with E-state index in [1.54, 1.807) is 0 Å². The van der Waals surface area contributed by atoms with E-state index in [-0.39, 0.29) is 6.29 Å². The second-order valence-corrected chi connectivity index (χ2v) is 7.67. The van der Waals surface area contributed by atoms with Gasteiger partial charge in [-0.25, -0.2) is 0 Å². The summed E-state index contributed by atoms with van der Waals surface area (Å²) < 4.78 is 13.0. The first-order valence-corrected chi connectivity index (χ1v) is 11.3. The van der Waals surface area contributed by atoms with Crippen molar-refractivity contribution < 1.29 is 9.47 Å². The van der Waals surface area contributed by atoms with Gasteiger partial charge in [0.15, 0.2) is 6.29 Å². The summed E-state index contributed by atoms with van der Waals surface area (Å²) in [7, 11) is 0.996. The molecule has 0 fully saturated rings. The normalized spacial score (nSPS) is 11.4. The molecule has 0 heterocycles. The Morgan fingerprint density at radius 2 is 1.45 bits per heavy atom. The number of alkyl halides is 1. The van der Waals surface area contributed by atoms with Gasteiger partial charge in [0, 0.05) is 22.7 Å². The summed E-state index contributed by atoms with van der Waals surface area (Å²) in [5.41, 5.74) is 0. The molecule has 0 aromatic rings. The molecule has 0 rings (SSSR count). The number of unbranched alkanes of at least 4 members (excludes halogenated alkanes) is 5. The van der Waals surface area contributed by atoms with E-state index in [1.165, 1.54) is 49.0 Å². The molecule has 0 aromatic heterocycles. The molecular formula is C16H33IO2Si. The van der Waals surface area contributed by atoms with Crippen molar-refractivity contribution in [2.45, 2.75) is 83.6 Å². The lowest BCUT2D eigenvalue weighted by atomic mass is 10.2. The summed E-state index contributed by atoms with van der Waals surface area (Å²) in [4.78, 5) is 0. The highest BCUT2D eigenvalue weighted by atomic mass is 127. The fraction of sp³-hybridized carbons (Fsp3) is 1.00. The lowest BCUT2D eigenvalue weighted by Gasteiger charge is -2.18. The van der Waals surface area contributed by atoms with E-state index in [1.807, 2.05) is 0 Å². The first-order chi connectivity index (χ1) is 9.85. The molecule has 2 radical (unpaired) electrons. The van der Waals surface area contributed by atoms with Gasteiger partial charge >= 0.3 is 0 Å². The van der Waals surface area contributed by atoms with Gasteiger partial charge in [-0.3, -0.25) is 0 Å². The summed E-state index contributed by atoms with van der Waals surface area (Å²) in [5, 5.41) is 0. The van der Waals surface area contributed by atoms with E-state index in [2.05, 4.69) is 36.4 Å². The zero-order valence-corrected chi connectivity index (χ0v) is 16.6. The van der Waals surface area contributed by atoms with Gasteiger partial charge in [0.25, 0.3) is 0 Å². The molecular weight excluding hydrogens is 379 g/mol. The van der Waals surface area contributed by atoms with E-state index in [9.17, 15) is 0 Å². The molecule has 0 aliphatic heterocycles. The summed E-state index contributed by atoms with van der Waals surface area (Å²) in [6.07, 6.45) is 10.3. The van der Waals surface area contributed by atoms with Crippen molar-refractivity contribution in [3.8, 4) is 0 Å². The summed E-state index contributed by atoms with van der Waals surface area (Å²) in [6, 6.07) is 2.45. The van der Waals surface area contributed by atoms with Crippen LogP contribution in [-0.2, 0) is 9.47 Å². The molecule has 20 heavy (non-hydrogen) atoms. The summed E-state index contributed by atoms with van der Waals surface area (Å²) in [5.74, 6) is 0. The molecule has 0 amide bonds. The average Bonchev–Trinajstić information content (AvgIpc) is 2.46. The molecule has 0 aliphatic carbocycles. The van der Waals surface area contributed by atoms with Crippen LogP contribution in [0.5, 0.6) is 0 Å². The third-order valence-corrected chi connectivity index (χ3v) is 5.24. The molecule has 0 bridgehead atoms. The minimum absolute atomic E-state index is 0.0563. The maximum atomic E-state index is 5.86. The average molecular weight is 412 g/mol. The first kappa shape index (κ1) is 20.9. The van der Waals surface area contributed by atoms with Crippen molar-refractivity contribution in [1.82, 2.24) is 0 Å². The molecule has 0 spiro atoms. The zero-order chi connectivity index (χ0) is 14.9. The van der Waals surface area contributed by atoms with Crippen molar-refractivity contribution in [1.29, 1.82) is 0 Å². The Morgan fingerprint density at radius 3 is 2.00 bits per heavy atom. The fourth-order valence-electron chi connectivity index (χ4n) is 1.80. The Bertz CT molecular complexity index is 172. The maximum absolute atomic E-state index is 5.86. The lowest BCUT2D eigenvalue weighted by molar-refractivity contribution is -0.131. The minimum Gasteiger partial charge on any atom is -0.353 e. The number of rotatable bonds is 16. The largest absolute Gasteiger partial charge is 0.353 e. The predicted molar refractivity (Wildman–Crippen MR) is 98.2 cm³/mol. The molecule has 0 atom stereocenters. The van der Waals surface area contributed by atoms with Gasteiger partial charge in [-0.15, -0.1) is 0 Å². The summed E-state index contributed by atoms with van der Waals surface area (Å²) >= 11 is 2.46. The van der Waals surface area contributed by atoms with Gasteiger partial charge in [-0.2, -0.15) is 0 Å². The van der Waals surface area contributed by atoms with Crippen LogP contribution in [0.2, 0.25) is 12.1 Å². The van der Waals surface area contributed by atoms with Crippen LogP contribution >= 0.6 is 22.6 Å². The Morgan fingerprint density at radius 1 is 0.850 bits per heavy atom. The topological polar surface area (TPSA) is 18.5 Å². The number of ether oxygens (including phenoxy) is 2. The van der Waals surface area contributed by atoms with Crippen LogP contribution < -0.4 is 0 Å². The van der Waals surface area contributed by atoms with Gasteiger partial charge in [0.05, 0.1) is 0 Å². The third-order valence-electron chi connectivity index (χ3n) is 3.15. The van der Waals surface area contributed by atoms with Crippen LogP contribution in [0, 0.1) is 0 Å². The highest BCUT2D eigenvalue weighted by Gasteiger charge is 2.09. The van der Waals surface area contributed by atoms with Crippen molar-refractivity contribution in [2.24, 2.45) is 0 Å². The van der Waals surface area contributed by atoms with Crippen LogP contribution in [0.4, 0.5) is 0 Å². The Labute approximate surface area is 142 Å². The van der Waals surface area contributed by atoms with E-state index in [4.69, 9.17) is 9.47 Å². The van der Waals surface area contributed by atoms with Crippen LogP contribution in [-0.4, -0.2) is 33.5 Å². The Balaban J connectivity index is 3.56. The Hall–Kier alpha value is 0.867. The molecule has 0 N–H and O–H groups in total. The van der Waals surface area contributed by atoms with Crippen LogP contribution in [0.25, 0.3) is 0 Å². The predicted octanol–water partition coefficient (Wildman–Crippen LogP) is 5.48. The van der Waals surface area contributed by atoms with Gasteiger partial charge < -0.3 is 9.47 Å². The maximum Gasteiger partial charge on any atom is 0.154 e. The van der Waals surface area contributed by atoms with Crippen LogP contribution in [0.3, 0.4) is 0 Å². The van der Waals surface area contributed by atoms with Gasteiger partial charge in [-0.1, -0.05) is 74.6 Å². The SMILES string of the molecule is CCCCOC(C[Si]CCCCCCI)OCCCC. The van der Waals surface area contributed by atoms with Gasteiger partial charge in [-0.05, 0) is 29.7 Å². The second-order valence-electron chi connectivity index (χ2n) is 5.19. The standard InChI is InChI=1S/C16H33IO2Si/c1-3-5-12-18-16(19-13-6-4-2)15-20-14-10-8-7-9-11-17/h16H,3-15H2,1-2H3. The summed E-state index contributed by atoms with van der Waals surface area (Å²) in [6.45, 7) is 6.11.